The highest BCUT2D eigenvalue weighted by Gasteiger charge is 2.24. The molecule has 1 heterocycles. The summed E-state index contributed by atoms with van der Waals surface area (Å²) in [5, 5.41) is 0.733. The van der Waals surface area contributed by atoms with Crippen LogP contribution in [-0.4, -0.2) is 49.1 Å². The number of hydrogen-bond donors (Lipinski definition) is 0. The zero-order valence-corrected chi connectivity index (χ0v) is 18.7. The summed E-state index contributed by atoms with van der Waals surface area (Å²) in [6.45, 7) is 11.7. The number of anilines is 1. The predicted octanol–water partition coefficient (Wildman–Crippen LogP) is 4.91. The molecule has 0 N–H and O–H groups in total. The standard InChI is InChI=1S/C23H29N3O2S/c1-6-25(7-2)14-15-26(22(27)18-10-8-9-11-19(18)28-5)23-24-21-17(4)16(3)12-13-20(21)29-23/h8-13H,6-7,14-15H2,1-5H3. The number of benzene rings is 2. The minimum atomic E-state index is -0.0805. The first kappa shape index (κ1) is 21.3. The van der Waals surface area contributed by atoms with Gasteiger partial charge in [0.05, 0.1) is 22.9 Å². The second-order valence-corrected chi connectivity index (χ2v) is 8.04. The first-order valence-corrected chi connectivity index (χ1v) is 10.9. The fourth-order valence-corrected chi connectivity index (χ4v) is 4.41. The van der Waals surface area contributed by atoms with Crippen molar-refractivity contribution < 1.29 is 9.53 Å². The second-order valence-electron chi connectivity index (χ2n) is 7.03. The van der Waals surface area contributed by atoms with Crippen LogP contribution in [0.1, 0.15) is 35.3 Å². The molecule has 0 saturated heterocycles. The Balaban J connectivity index is 2.03. The highest BCUT2D eigenvalue weighted by molar-refractivity contribution is 7.22. The summed E-state index contributed by atoms with van der Waals surface area (Å²) in [4.78, 5) is 22.5. The normalized spacial score (nSPS) is 11.2. The van der Waals surface area contributed by atoms with Crippen molar-refractivity contribution in [1.29, 1.82) is 0 Å². The van der Waals surface area contributed by atoms with Crippen LogP contribution in [0, 0.1) is 13.8 Å². The molecule has 29 heavy (non-hydrogen) atoms. The maximum atomic E-state index is 13.5. The van der Waals surface area contributed by atoms with Crippen LogP contribution in [0.5, 0.6) is 5.75 Å². The number of hydrogen-bond acceptors (Lipinski definition) is 5. The van der Waals surface area contributed by atoms with E-state index in [1.807, 2.05) is 24.3 Å². The summed E-state index contributed by atoms with van der Waals surface area (Å²) in [5.41, 5.74) is 3.91. The smallest absolute Gasteiger partial charge is 0.263 e. The lowest BCUT2D eigenvalue weighted by Gasteiger charge is -2.25. The van der Waals surface area contributed by atoms with Crippen molar-refractivity contribution in [3.63, 3.8) is 0 Å². The van der Waals surface area contributed by atoms with Gasteiger partial charge in [0.25, 0.3) is 5.91 Å². The van der Waals surface area contributed by atoms with E-state index in [0.29, 0.717) is 17.9 Å². The van der Waals surface area contributed by atoms with Gasteiger partial charge in [0.15, 0.2) is 5.13 Å². The second kappa shape index (κ2) is 9.37. The molecule has 0 atom stereocenters. The van der Waals surface area contributed by atoms with Gasteiger partial charge in [-0.2, -0.15) is 0 Å². The molecule has 154 valence electrons. The molecule has 0 spiro atoms. The Hall–Kier alpha value is -2.44. The van der Waals surface area contributed by atoms with Gasteiger partial charge in [-0.25, -0.2) is 4.98 Å². The fraction of sp³-hybridized carbons (Fsp3) is 0.391. The van der Waals surface area contributed by atoms with Gasteiger partial charge in [-0.15, -0.1) is 0 Å². The summed E-state index contributed by atoms with van der Waals surface area (Å²) in [6, 6.07) is 11.6. The number of nitrogens with zero attached hydrogens (tertiary/aromatic N) is 3. The zero-order valence-electron chi connectivity index (χ0n) is 17.9. The third-order valence-electron chi connectivity index (χ3n) is 5.42. The Kier molecular flexibility index (Phi) is 6.87. The van der Waals surface area contributed by atoms with Crippen molar-refractivity contribution >= 4 is 32.6 Å². The van der Waals surface area contributed by atoms with Crippen molar-refractivity contribution in [2.75, 3.05) is 38.2 Å². The molecule has 5 nitrogen and oxygen atoms in total. The van der Waals surface area contributed by atoms with Crippen molar-refractivity contribution in [3.05, 3.63) is 53.1 Å². The maximum Gasteiger partial charge on any atom is 0.263 e. The molecule has 0 saturated carbocycles. The lowest BCUT2D eigenvalue weighted by Crippen LogP contribution is -2.39. The van der Waals surface area contributed by atoms with Crippen molar-refractivity contribution in [1.82, 2.24) is 9.88 Å². The summed E-state index contributed by atoms with van der Waals surface area (Å²) in [6.07, 6.45) is 0. The molecule has 0 radical (unpaired) electrons. The van der Waals surface area contributed by atoms with Crippen LogP contribution in [0.4, 0.5) is 5.13 Å². The number of methoxy groups -OCH3 is 1. The summed E-state index contributed by atoms with van der Waals surface area (Å²) < 4.78 is 6.54. The Labute approximate surface area is 176 Å². The first-order chi connectivity index (χ1) is 14.0. The molecule has 0 aliphatic rings. The van der Waals surface area contributed by atoms with E-state index in [1.165, 1.54) is 11.1 Å². The Bertz CT molecular complexity index is 995. The SMILES string of the molecule is CCN(CC)CCN(C(=O)c1ccccc1OC)c1nc2c(C)c(C)ccc2s1. The van der Waals surface area contributed by atoms with Gasteiger partial charge < -0.3 is 9.64 Å². The molecule has 0 aliphatic heterocycles. The van der Waals surface area contributed by atoms with Crippen LogP contribution in [0.3, 0.4) is 0 Å². The lowest BCUT2D eigenvalue weighted by molar-refractivity contribution is 0.0981. The molecule has 0 aliphatic carbocycles. The average Bonchev–Trinajstić information content (AvgIpc) is 3.18. The van der Waals surface area contributed by atoms with Gasteiger partial charge >= 0.3 is 0 Å². The number of carbonyl (C=O) groups is 1. The maximum absolute atomic E-state index is 13.5. The Morgan fingerprint density at radius 1 is 1.07 bits per heavy atom. The number of aryl methyl sites for hydroxylation is 2. The molecule has 0 unspecified atom stereocenters. The Morgan fingerprint density at radius 2 is 1.79 bits per heavy atom. The van der Waals surface area contributed by atoms with Crippen LogP contribution >= 0.6 is 11.3 Å². The highest BCUT2D eigenvalue weighted by atomic mass is 32.1. The van der Waals surface area contributed by atoms with Crippen LogP contribution in [0.15, 0.2) is 36.4 Å². The van der Waals surface area contributed by atoms with E-state index in [9.17, 15) is 4.79 Å². The molecular formula is C23H29N3O2S. The molecule has 6 heteroatoms. The third-order valence-corrected chi connectivity index (χ3v) is 6.46. The fourth-order valence-electron chi connectivity index (χ4n) is 3.36. The van der Waals surface area contributed by atoms with Crippen molar-refractivity contribution in [3.8, 4) is 5.75 Å². The molecule has 1 amide bonds. The lowest BCUT2D eigenvalue weighted by atomic mass is 10.1. The number of fused-ring (bicyclic) bond motifs is 1. The summed E-state index contributed by atoms with van der Waals surface area (Å²) in [5.74, 6) is 0.501. The van der Waals surface area contributed by atoms with Crippen molar-refractivity contribution in [2.24, 2.45) is 0 Å². The topological polar surface area (TPSA) is 45.7 Å². The van der Waals surface area contributed by atoms with Crippen LogP contribution in [0.25, 0.3) is 10.2 Å². The number of likely N-dealkylation sites (N-methyl/N-ethyl adjacent to an activating group) is 1. The largest absolute Gasteiger partial charge is 0.496 e. The van der Waals surface area contributed by atoms with Gasteiger partial charge in [0.1, 0.15) is 5.75 Å². The molecule has 0 bridgehead atoms. The number of para-hydroxylation sites is 1. The quantitative estimate of drug-likeness (QED) is 0.528. The zero-order chi connectivity index (χ0) is 21.0. The summed E-state index contributed by atoms with van der Waals surface area (Å²) in [7, 11) is 1.59. The van der Waals surface area contributed by atoms with Gasteiger partial charge in [-0.1, -0.05) is 43.4 Å². The first-order valence-electron chi connectivity index (χ1n) is 10.0. The average molecular weight is 412 g/mol. The molecule has 2 aromatic carbocycles. The van der Waals surface area contributed by atoms with Gasteiger partial charge in [0.2, 0.25) is 0 Å². The number of rotatable bonds is 8. The van der Waals surface area contributed by atoms with E-state index in [1.54, 1.807) is 23.3 Å². The number of thiazole rings is 1. The Morgan fingerprint density at radius 3 is 2.48 bits per heavy atom. The minimum absolute atomic E-state index is 0.0805. The minimum Gasteiger partial charge on any atom is -0.496 e. The number of carbonyl (C=O) groups excluding carboxylic acids is 1. The number of amides is 1. The van der Waals surface area contributed by atoms with Crippen LogP contribution in [0.2, 0.25) is 0 Å². The molecule has 3 aromatic rings. The van der Waals surface area contributed by atoms with Gasteiger partial charge in [0, 0.05) is 13.1 Å². The predicted molar refractivity (Wildman–Crippen MR) is 122 cm³/mol. The highest BCUT2D eigenvalue weighted by Crippen LogP contribution is 2.33. The number of ether oxygens (including phenoxy) is 1. The monoisotopic (exact) mass is 411 g/mol. The van der Waals surface area contributed by atoms with Crippen molar-refractivity contribution in [2.45, 2.75) is 27.7 Å². The van der Waals surface area contributed by atoms with E-state index in [4.69, 9.17) is 9.72 Å². The van der Waals surface area contributed by atoms with E-state index in [0.717, 1.165) is 35.0 Å². The molecule has 3 rings (SSSR count). The van der Waals surface area contributed by atoms with E-state index in [-0.39, 0.29) is 5.91 Å². The summed E-state index contributed by atoms with van der Waals surface area (Å²) >= 11 is 1.57. The van der Waals surface area contributed by atoms with Crippen LogP contribution < -0.4 is 9.64 Å². The van der Waals surface area contributed by atoms with Gasteiger partial charge in [-0.3, -0.25) is 9.69 Å². The van der Waals surface area contributed by atoms with E-state index >= 15 is 0 Å². The van der Waals surface area contributed by atoms with E-state index < -0.39 is 0 Å². The number of aromatic nitrogens is 1. The van der Waals surface area contributed by atoms with Gasteiger partial charge in [-0.05, 0) is 56.3 Å². The third kappa shape index (κ3) is 4.43. The molecule has 0 fully saturated rings. The molecular weight excluding hydrogens is 382 g/mol. The molecule has 1 aromatic heterocycles. The van der Waals surface area contributed by atoms with Crippen LogP contribution in [-0.2, 0) is 0 Å². The van der Waals surface area contributed by atoms with E-state index in [2.05, 4.69) is 44.7 Å².